The number of rotatable bonds is 4. The second-order valence-electron chi connectivity index (χ2n) is 3.55. The second kappa shape index (κ2) is 5.51. The molecule has 0 fully saturated rings. The van der Waals surface area contributed by atoms with Crippen molar-refractivity contribution in [2.75, 3.05) is 6.61 Å². The first kappa shape index (κ1) is 11.7. The largest absolute Gasteiger partial charge is 0.465 e. The number of aryl methyl sites for hydroxylation is 1. The van der Waals surface area contributed by atoms with Crippen molar-refractivity contribution >= 4 is 5.97 Å². The van der Waals surface area contributed by atoms with Crippen molar-refractivity contribution in [1.29, 1.82) is 0 Å². The van der Waals surface area contributed by atoms with Gasteiger partial charge in [0.15, 0.2) is 0 Å². The van der Waals surface area contributed by atoms with E-state index in [1.165, 1.54) is 5.56 Å². The average molecular weight is 207 g/mol. The van der Waals surface area contributed by atoms with E-state index in [9.17, 15) is 4.79 Å². The molecule has 0 aliphatic carbocycles. The smallest absolute Gasteiger partial charge is 0.323 e. The summed E-state index contributed by atoms with van der Waals surface area (Å²) in [5.41, 5.74) is 7.95. The number of ether oxygens (including phenoxy) is 1. The third kappa shape index (κ3) is 3.72. The van der Waals surface area contributed by atoms with Crippen molar-refractivity contribution in [1.82, 2.24) is 0 Å². The van der Waals surface area contributed by atoms with Gasteiger partial charge in [-0.15, -0.1) is 0 Å². The molecule has 0 saturated heterocycles. The van der Waals surface area contributed by atoms with E-state index < -0.39 is 6.04 Å². The molecule has 3 nitrogen and oxygen atoms in total. The first-order valence-electron chi connectivity index (χ1n) is 5.11. The van der Waals surface area contributed by atoms with Crippen molar-refractivity contribution in [2.24, 2.45) is 5.73 Å². The van der Waals surface area contributed by atoms with Gasteiger partial charge in [0.2, 0.25) is 0 Å². The van der Waals surface area contributed by atoms with E-state index in [1.807, 2.05) is 31.2 Å². The van der Waals surface area contributed by atoms with Gasteiger partial charge >= 0.3 is 5.97 Å². The summed E-state index contributed by atoms with van der Waals surface area (Å²) in [4.78, 5) is 11.3. The molecular formula is C12H17NO2. The fraction of sp³-hybridized carbons (Fsp3) is 0.417. The molecule has 0 aromatic heterocycles. The molecule has 0 amide bonds. The molecule has 0 bridgehead atoms. The van der Waals surface area contributed by atoms with Gasteiger partial charge in [0.25, 0.3) is 0 Å². The van der Waals surface area contributed by atoms with Gasteiger partial charge < -0.3 is 10.5 Å². The van der Waals surface area contributed by atoms with E-state index in [-0.39, 0.29) is 5.97 Å². The van der Waals surface area contributed by atoms with Crippen LogP contribution in [0.2, 0.25) is 0 Å². The predicted octanol–water partition coefficient (Wildman–Crippen LogP) is 1.43. The van der Waals surface area contributed by atoms with Crippen molar-refractivity contribution in [2.45, 2.75) is 26.3 Å². The molecule has 1 aromatic rings. The molecule has 1 atom stereocenters. The van der Waals surface area contributed by atoms with Crippen molar-refractivity contribution < 1.29 is 9.53 Å². The molecule has 2 N–H and O–H groups in total. The highest BCUT2D eigenvalue weighted by atomic mass is 16.5. The van der Waals surface area contributed by atoms with Crippen molar-refractivity contribution in [3.05, 3.63) is 35.4 Å². The van der Waals surface area contributed by atoms with Crippen LogP contribution in [0.15, 0.2) is 24.3 Å². The maximum Gasteiger partial charge on any atom is 0.323 e. The van der Waals surface area contributed by atoms with Crippen molar-refractivity contribution in [3.63, 3.8) is 0 Å². The van der Waals surface area contributed by atoms with Gasteiger partial charge in [-0.2, -0.15) is 0 Å². The van der Waals surface area contributed by atoms with Gasteiger partial charge in [-0.1, -0.05) is 29.8 Å². The molecule has 0 saturated carbocycles. The van der Waals surface area contributed by atoms with Crippen LogP contribution in [0.3, 0.4) is 0 Å². The molecule has 1 unspecified atom stereocenters. The molecule has 0 radical (unpaired) electrons. The van der Waals surface area contributed by atoms with Gasteiger partial charge in [0.05, 0.1) is 6.61 Å². The lowest BCUT2D eigenvalue weighted by molar-refractivity contribution is -0.144. The highest BCUT2D eigenvalue weighted by molar-refractivity contribution is 5.75. The lowest BCUT2D eigenvalue weighted by atomic mass is 10.1. The Labute approximate surface area is 90.2 Å². The zero-order chi connectivity index (χ0) is 11.3. The summed E-state index contributed by atoms with van der Waals surface area (Å²) in [6, 6.07) is 7.41. The molecule has 0 heterocycles. The predicted molar refractivity (Wildman–Crippen MR) is 59.5 cm³/mol. The minimum absolute atomic E-state index is 0.335. The van der Waals surface area contributed by atoms with Crippen LogP contribution in [0.1, 0.15) is 18.1 Å². The molecule has 1 rings (SSSR count). The standard InChI is InChI=1S/C12H17NO2/c1-3-15-12(14)11(13)8-10-6-4-9(2)5-7-10/h4-7,11H,3,8,13H2,1-2H3. The van der Waals surface area contributed by atoms with E-state index in [1.54, 1.807) is 6.92 Å². The van der Waals surface area contributed by atoms with E-state index in [0.717, 1.165) is 5.56 Å². The van der Waals surface area contributed by atoms with Crippen LogP contribution < -0.4 is 5.73 Å². The maximum absolute atomic E-state index is 11.3. The second-order valence-corrected chi connectivity index (χ2v) is 3.55. The van der Waals surface area contributed by atoms with Crippen molar-refractivity contribution in [3.8, 4) is 0 Å². The molecule has 0 aliphatic rings. The fourth-order valence-corrected chi connectivity index (χ4v) is 1.31. The van der Waals surface area contributed by atoms with E-state index in [2.05, 4.69) is 0 Å². The van der Waals surface area contributed by atoms with Gasteiger partial charge in [-0.25, -0.2) is 0 Å². The van der Waals surface area contributed by atoms with Crippen LogP contribution in [0.25, 0.3) is 0 Å². The first-order valence-corrected chi connectivity index (χ1v) is 5.11. The summed E-state index contributed by atoms with van der Waals surface area (Å²) in [7, 11) is 0. The number of hydrogen-bond donors (Lipinski definition) is 1. The Balaban J connectivity index is 2.54. The van der Waals surface area contributed by atoms with Gasteiger partial charge in [0.1, 0.15) is 6.04 Å². The molecule has 0 spiro atoms. The highest BCUT2D eigenvalue weighted by Crippen LogP contribution is 2.05. The number of hydrogen-bond acceptors (Lipinski definition) is 3. The number of esters is 1. The molecule has 82 valence electrons. The Morgan fingerprint density at radius 3 is 2.53 bits per heavy atom. The quantitative estimate of drug-likeness (QED) is 0.760. The van der Waals surface area contributed by atoms with Crippen LogP contribution in [-0.4, -0.2) is 18.6 Å². The monoisotopic (exact) mass is 207 g/mol. The third-order valence-corrected chi connectivity index (χ3v) is 2.17. The lowest BCUT2D eigenvalue weighted by Gasteiger charge is -2.10. The van der Waals surface area contributed by atoms with E-state index in [0.29, 0.717) is 13.0 Å². The topological polar surface area (TPSA) is 52.3 Å². The molecular weight excluding hydrogens is 190 g/mol. The maximum atomic E-state index is 11.3. The van der Waals surface area contributed by atoms with Crippen LogP contribution in [0, 0.1) is 6.92 Å². The van der Waals surface area contributed by atoms with E-state index in [4.69, 9.17) is 10.5 Å². The molecule has 3 heteroatoms. The lowest BCUT2D eigenvalue weighted by Crippen LogP contribution is -2.34. The third-order valence-electron chi connectivity index (χ3n) is 2.17. The minimum Gasteiger partial charge on any atom is -0.465 e. The Hall–Kier alpha value is -1.35. The summed E-state index contributed by atoms with van der Waals surface area (Å²) < 4.78 is 4.84. The zero-order valence-electron chi connectivity index (χ0n) is 9.19. The summed E-state index contributed by atoms with van der Waals surface area (Å²) >= 11 is 0. The Bertz CT molecular complexity index is 319. The Kier molecular flexibility index (Phi) is 4.31. The summed E-state index contributed by atoms with van der Waals surface area (Å²) in [6.07, 6.45) is 0.527. The summed E-state index contributed by atoms with van der Waals surface area (Å²) in [6.45, 7) is 4.17. The Morgan fingerprint density at radius 1 is 1.40 bits per heavy atom. The first-order chi connectivity index (χ1) is 7.13. The highest BCUT2D eigenvalue weighted by Gasteiger charge is 2.14. The minimum atomic E-state index is -0.562. The summed E-state index contributed by atoms with van der Waals surface area (Å²) in [5.74, 6) is -0.335. The SMILES string of the molecule is CCOC(=O)C(N)Cc1ccc(C)cc1. The van der Waals surface area contributed by atoms with Gasteiger partial charge in [-0.3, -0.25) is 4.79 Å². The fourth-order valence-electron chi connectivity index (χ4n) is 1.31. The average Bonchev–Trinajstić information content (AvgIpc) is 2.22. The van der Waals surface area contributed by atoms with Crippen LogP contribution >= 0.6 is 0 Å². The molecule has 1 aromatic carbocycles. The van der Waals surface area contributed by atoms with Crippen LogP contribution in [0.4, 0.5) is 0 Å². The Morgan fingerprint density at radius 2 is 2.00 bits per heavy atom. The van der Waals surface area contributed by atoms with Crippen LogP contribution in [-0.2, 0) is 16.0 Å². The normalized spacial score (nSPS) is 12.2. The number of carbonyl (C=O) groups excluding carboxylic acids is 1. The number of carbonyl (C=O) groups is 1. The molecule has 0 aliphatic heterocycles. The summed E-state index contributed by atoms with van der Waals surface area (Å²) in [5, 5.41) is 0. The van der Waals surface area contributed by atoms with Crippen LogP contribution in [0.5, 0.6) is 0 Å². The number of nitrogens with two attached hydrogens (primary N) is 1. The molecule has 15 heavy (non-hydrogen) atoms. The number of benzene rings is 1. The zero-order valence-corrected chi connectivity index (χ0v) is 9.19. The van der Waals surface area contributed by atoms with Gasteiger partial charge in [-0.05, 0) is 25.8 Å². The van der Waals surface area contributed by atoms with Gasteiger partial charge in [0, 0.05) is 0 Å². The van der Waals surface area contributed by atoms with E-state index >= 15 is 0 Å².